The van der Waals surface area contributed by atoms with Crippen LogP contribution in [-0.4, -0.2) is 28.9 Å². The fraction of sp³-hybridized carbons (Fsp3) is 0.643. The first-order valence-electron chi connectivity index (χ1n) is 6.14. The third-order valence-electron chi connectivity index (χ3n) is 3.02. The van der Waals surface area contributed by atoms with Crippen LogP contribution in [0.5, 0.6) is 0 Å². The molecule has 96 valence electrons. The van der Waals surface area contributed by atoms with Crippen LogP contribution in [0.1, 0.15) is 38.4 Å². The Labute approximate surface area is 104 Å². The molecule has 0 saturated carbocycles. The number of hydrogen-bond donors (Lipinski definition) is 1. The van der Waals surface area contributed by atoms with E-state index in [0.29, 0.717) is 12.8 Å². The highest BCUT2D eigenvalue weighted by Crippen LogP contribution is 2.17. The van der Waals surface area contributed by atoms with Crippen LogP contribution in [0, 0.1) is 0 Å². The Hall–Kier alpha value is -0.930. The summed E-state index contributed by atoms with van der Waals surface area (Å²) in [6.45, 7) is 6.06. The molecule has 0 fully saturated rings. The van der Waals surface area contributed by atoms with Gasteiger partial charge >= 0.3 is 0 Å². The lowest BCUT2D eigenvalue weighted by molar-refractivity contribution is -0.0192. The van der Waals surface area contributed by atoms with Crippen molar-refractivity contribution < 1.29 is 9.84 Å². The van der Waals surface area contributed by atoms with Gasteiger partial charge < -0.3 is 9.84 Å². The number of pyridine rings is 1. The van der Waals surface area contributed by atoms with E-state index in [9.17, 15) is 5.11 Å². The molecule has 0 aliphatic carbocycles. The van der Waals surface area contributed by atoms with Crippen LogP contribution >= 0.6 is 0 Å². The lowest BCUT2D eigenvalue weighted by Gasteiger charge is -2.25. The molecule has 0 aromatic carbocycles. The standard InChI is InChI=1S/C14H23NO2/c1-5-11-6-7-12(15-10-11)8-13(16)9-14(2,3)17-4/h6-7,10,13,16H,5,8-9H2,1-4H3. The Bertz CT molecular complexity index is 333. The van der Waals surface area contributed by atoms with Crippen molar-refractivity contribution in [1.29, 1.82) is 0 Å². The van der Waals surface area contributed by atoms with E-state index in [0.717, 1.165) is 12.1 Å². The molecule has 1 aromatic heterocycles. The van der Waals surface area contributed by atoms with Crippen molar-refractivity contribution >= 4 is 0 Å². The molecule has 1 rings (SSSR count). The van der Waals surface area contributed by atoms with E-state index in [1.165, 1.54) is 5.56 Å². The van der Waals surface area contributed by atoms with E-state index in [4.69, 9.17) is 4.74 Å². The molecule has 3 heteroatoms. The van der Waals surface area contributed by atoms with Crippen molar-refractivity contribution in [3.8, 4) is 0 Å². The largest absolute Gasteiger partial charge is 0.393 e. The molecule has 0 spiro atoms. The summed E-state index contributed by atoms with van der Waals surface area (Å²) in [6.07, 6.45) is 3.65. The van der Waals surface area contributed by atoms with Crippen LogP contribution in [0.25, 0.3) is 0 Å². The molecule has 0 aliphatic rings. The summed E-state index contributed by atoms with van der Waals surface area (Å²) in [5.41, 5.74) is 1.87. The Kier molecular flexibility index (Phi) is 5.09. The molecule has 0 bridgehead atoms. The van der Waals surface area contributed by atoms with Gasteiger partial charge in [0.2, 0.25) is 0 Å². The zero-order valence-corrected chi connectivity index (χ0v) is 11.2. The average Bonchev–Trinajstić information content (AvgIpc) is 2.29. The highest BCUT2D eigenvalue weighted by Gasteiger charge is 2.21. The topological polar surface area (TPSA) is 42.4 Å². The second-order valence-electron chi connectivity index (χ2n) is 5.04. The zero-order chi connectivity index (χ0) is 12.9. The first-order chi connectivity index (χ1) is 7.96. The summed E-state index contributed by atoms with van der Waals surface area (Å²) in [7, 11) is 1.67. The van der Waals surface area contributed by atoms with Crippen molar-refractivity contribution in [3.05, 3.63) is 29.6 Å². The quantitative estimate of drug-likeness (QED) is 0.826. The Morgan fingerprint density at radius 1 is 1.41 bits per heavy atom. The van der Waals surface area contributed by atoms with Crippen LogP contribution in [-0.2, 0) is 17.6 Å². The number of methoxy groups -OCH3 is 1. The van der Waals surface area contributed by atoms with Gasteiger partial charge in [-0.3, -0.25) is 4.98 Å². The van der Waals surface area contributed by atoms with Crippen LogP contribution in [0.15, 0.2) is 18.3 Å². The van der Waals surface area contributed by atoms with Crippen LogP contribution in [0.2, 0.25) is 0 Å². The molecule has 1 N–H and O–H groups in total. The molecule has 17 heavy (non-hydrogen) atoms. The maximum absolute atomic E-state index is 9.98. The van der Waals surface area contributed by atoms with Gasteiger partial charge in [0.1, 0.15) is 0 Å². The fourth-order valence-electron chi connectivity index (χ4n) is 1.75. The minimum absolute atomic E-state index is 0.289. The highest BCUT2D eigenvalue weighted by molar-refractivity contribution is 5.14. The molecule has 0 amide bonds. The van der Waals surface area contributed by atoms with Gasteiger partial charge in [0.15, 0.2) is 0 Å². The van der Waals surface area contributed by atoms with Gasteiger partial charge in [-0.05, 0) is 31.9 Å². The lowest BCUT2D eigenvalue weighted by Crippen LogP contribution is -2.29. The minimum Gasteiger partial charge on any atom is -0.393 e. The Balaban J connectivity index is 2.52. The fourth-order valence-corrected chi connectivity index (χ4v) is 1.75. The van der Waals surface area contributed by atoms with E-state index in [2.05, 4.69) is 18.0 Å². The second-order valence-corrected chi connectivity index (χ2v) is 5.04. The average molecular weight is 237 g/mol. The molecule has 0 aliphatic heterocycles. The number of ether oxygens (including phenoxy) is 1. The van der Waals surface area contributed by atoms with E-state index >= 15 is 0 Å². The predicted molar refractivity (Wildman–Crippen MR) is 69.0 cm³/mol. The van der Waals surface area contributed by atoms with E-state index in [-0.39, 0.29) is 5.60 Å². The molecule has 0 radical (unpaired) electrons. The van der Waals surface area contributed by atoms with Crippen molar-refractivity contribution in [2.24, 2.45) is 0 Å². The molecular weight excluding hydrogens is 214 g/mol. The van der Waals surface area contributed by atoms with Gasteiger partial charge in [0.25, 0.3) is 0 Å². The van der Waals surface area contributed by atoms with E-state index in [1.807, 2.05) is 26.1 Å². The van der Waals surface area contributed by atoms with Crippen LogP contribution < -0.4 is 0 Å². The molecule has 0 saturated heterocycles. The van der Waals surface area contributed by atoms with E-state index < -0.39 is 6.10 Å². The van der Waals surface area contributed by atoms with Crippen molar-refractivity contribution in [2.45, 2.75) is 51.7 Å². The number of aromatic nitrogens is 1. The number of aliphatic hydroxyl groups is 1. The third kappa shape index (κ3) is 4.84. The zero-order valence-electron chi connectivity index (χ0n) is 11.2. The van der Waals surface area contributed by atoms with Gasteiger partial charge in [-0.25, -0.2) is 0 Å². The van der Waals surface area contributed by atoms with Gasteiger partial charge in [-0.2, -0.15) is 0 Å². The molecular formula is C14H23NO2. The van der Waals surface area contributed by atoms with Crippen molar-refractivity contribution in [2.75, 3.05) is 7.11 Å². The maximum atomic E-state index is 9.98. The smallest absolute Gasteiger partial charge is 0.0647 e. The number of hydrogen-bond acceptors (Lipinski definition) is 3. The first kappa shape index (κ1) is 14.1. The maximum Gasteiger partial charge on any atom is 0.0647 e. The van der Waals surface area contributed by atoms with Gasteiger partial charge in [-0.1, -0.05) is 13.0 Å². The SMILES string of the molecule is CCc1ccc(CC(O)CC(C)(C)OC)nc1. The summed E-state index contributed by atoms with van der Waals surface area (Å²) < 4.78 is 5.30. The van der Waals surface area contributed by atoms with Gasteiger partial charge in [0, 0.05) is 31.8 Å². The molecule has 3 nitrogen and oxygen atoms in total. The lowest BCUT2D eigenvalue weighted by atomic mass is 9.97. The summed E-state index contributed by atoms with van der Waals surface area (Å²) in [5.74, 6) is 0. The van der Waals surface area contributed by atoms with Gasteiger partial charge in [-0.15, -0.1) is 0 Å². The molecule has 1 atom stereocenters. The number of aryl methyl sites for hydroxylation is 1. The van der Waals surface area contributed by atoms with Gasteiger partial charge in [0.05, 0.1) is 11.7 Å². The van der Waals surface area contributed by atoms with Crippen molar-refractivity contribution in [1.82, 2.24) is 4.98 Å². The Morgan fingerprint density at radius 2 is 2.12 bits per heavy atom. The minimum atomic E-state index is -0.412. The third-order valence-corrected chi connectivity index (χ3v) is 3.02. The highest BCUT2D eigenvalue weighted by atomic mass is 16.5. The molecule has 1 aromatic rings. The van der Waals surface area contributed by atoms with Crippen LogP contribution in [0.3, 0.4) is 0 Å². The number of aliphatic hydroxyl groups excluding tert-OH is 1. The number of rotatable bonds is 6. The summed E-state index contributed by atoms with van der Waals surface area (Å²) in [6, 6.07) is 4.05. The molecule has 1 heterocycles. The monoisotopic (exact) mass is 237 g/mol. The predicted octanol–water partition coefficient (Wildman–Crippen LogP) is 2.36. The number of nitrogens with zero attached hydrogens (tertiary/aromatic N) is 1. The summed E-state index contributed by atoms with van der Waals surface area (Å²) >= 11 is 0. The molecule has 1 unspecified atom stereocenters. The normalized spacial score (nSPS) is 13.7. The van der Waals surface area contributed by atoms with Crippen molar-refractivity contribution in [3.63, 3.8) is 0 Å². The van der Waals surface area contributed by atoms with Crippen LogP contribution in [0.4, 0.5) is 0 Å². The summed E-state index contributed by atoms with van der Waals surface area (Å²) in [5, 5.41) is 9.98. The second kappa shape index (κ2) is 6.12. The van der Waals surface area contributed by atoms with E-state index in [1.54, 1.807) is 7.11 Å². The Morgan fingerprint density at radius 3 is 2.59 bits per heavy atom. The first-order valence-corrected chi connectivity index (χ1v) is 6.14. The summed E-state index contributed by atoms with van der Waals surface area (Å²) in [4.78, 5) is 4.34.